The molecule has 0 fully saturated rings. The van der Waals surface area contributed by atoms with Crippen LogP contribution in [-0.4, -0.2) is 3.21 Å². The van der Waals surface area contributed by atoms with Gasteiger partial charge in [-0.2, -0.15) is 0 Å². The van der Waals surface area contributed by atoms with Gasteiger partial charge in [0.25, 0.3) is 0 Å². The van der Waals surface area contributed by atoms with Crippen molar-refractivity contribution < 1.29 is 46.1 Å². The van der Waals surface area contributed by atoms with E-state index in [2.05, 4.69) is 159 Å². The Balaban J connectivity index is 0.00000201. The number of hydrogen-bond acceptors (Lipinski definition) is 0. The predicted octanol–water partition coefficient (Wildman–Crippen LogP) is 5.35. The number of halogens is 2. The molecule has 0 aliphatic heterocycles. The largest absolute Gasteiger partial charge is 1.00 e. The van der Waals surface area contributed by atoms with Crippen molar-refractivity contribution in [2.24, 2.45) is 5.92 Å². The summed E-state index contributed by atoms with van der Waals surface area (Å²) in [5.41, 5.74) is 19.1. The number of fused-ring (bicyclic) bond motifs is 5. The molecule has 0 heterocycles. The standard InChI is InChI=1S/C25H25.C13H10.C7H9.2ClH.Zr/c1-14-12-24(3,4)22-8-16-7-17-9-23-19(15(2)13-25(23,5)6)11-21(17)20(16)10-18(14)22;1-3-7-12(8-4-1)11-13-9-5-2-6-10-13;1-6-3-4-7(2)5-6;;;/h8-12H,7H2,1-6H3;1-10H;3,5,7H,1-2H3;2*1H;/q;;;;;+2/p-2. The van der Waals surface area contributed by atoms with Crippen LogP contribution in [0.4, 0.5) is 0 Å². The Morgan fingerprint density at radius 3 is 1.77 bits per heavy atom. The summed E-state index contributed by atoms with van der Waals surface area (Å²) in [4.78, 5) is 0. The SMILES string of the molecule is CC1=CC(C)[C]([Zr+2]([C]2=C(C)c3cc4c(cc3C2(C)C)Cc2cc3c(cc2-4)C(C)=CC3(C)C)=[C](c2ccccc2)c2ccccc2)=C1.[Cl-].[Cl-]. The van der Waals surface area contributed by atoms with Crippen LogP contribution in [0.3, 0.4) is 0 Å². The van der Waals surface area contributed by atoms with Gasteiger partial charge in [-0.05, 0) is 0 Å². The van der Waals surface area contributed by atoms with Crippen LogP contribution in [0.5, 0.6) is 0 Å². The van der Waals surface area contributed by atoms with E-state index in [1.54, 1.807) is 9.77 Å². The van der Waals surface area contributed by atoms with Gasteiger partial charge in [0.05, 0.1) is 0 Å². The molecule has 48 heavy (non-hydrogen) atoms. The molecule has 0 amide bonds. The summed E-state index contributed by atoms with van der Waals surface area (Å²) < 4.78 is 5.06. The van der Waals surface area contributed by atoms with E-state index in [4.69, 9.17) is 0 Å². The second kappa shape index (κ2) is 12.5. The molecule has 242 valence electrons. The Bertz CT molecular complexity index is 2090. The zero-order valence-corrected chi connectivity index (χ0v) is 33.3. The van der Waals surface area contributed by atoms with Gasteiger partial charge >= 0.3 is 285 Å². The van der Waals surface area contributed by atoms with Gasteiger partial charge in [-0.15, -0.1) is 0 Å². The molecule has 4 aliphatic carbocycles. The van der Waals surface area contributed by atoms with Gasteiger partial charge < -0.3 is 24.8 Å². The minimum Gasteiger partial charge on any atom is -1.00 e. The second-order valence-electron chi connectivity index (χ2n) is 15.2. The Morgan fingerprint density at radius 2 is 1.23 bits per heavy atom. The van der Waals surface area contributed by atoms with E-state index in [9.17, 15) is 0 Å². The molecule has 0 radical (unpaired) electrons. The predicted molar refractivity (Wildman–Crippen MR) is 194 cm³/mol. The minimum absolute atomic E-state index is 0. The molecule has 0 bridgehead atoms. The number of rotatable bonds is 4. The Kier molecular flexibility index (Phi) is 9.12. The molecule has 1 atom stereocenters. The van der Waals surface area contributed by atoms with Crippen LogP contribution in [0.1, 0.15) is 99.9 Å². The van der Waals surface area contributed by atoms with E-state index in [1.807, 2.05) is 0 Å². The zero-order chi connectivity index (χ0) is 32.1. The van der Waals surface area contributed by atoms with E-state index in [-0.39, 0.29) is 35.6 Å². The van der Waals surface area contributed by atoms with Crippen molar-refractivity contribution in [1.29, 1.82) is 0 Å². The smallest absolute Gasteiger partial charge is 1.00 e. The van der Waals surface area contributed by atoms with Crippen LogP contribution in [0.15, 0.2) is 115 Å². The van der Waals surface area contributed by atoms with Gasteiger partial charge in [0.1, 0.15) is 0 Å². The third kappa shape index (κ3) is 5.32. The fourth-order valence-corrected chi connectivity index (χ4v) is 18.8. The summed E-state index contributed by atoms with van der Waals surface area (Å²) in [5.74, 6) is 0.469. The van der Waals surface area contributed by atoms with Crippen molar-refractivity contribution >= 4 is 14.4 Å². The molecule has 0 aromatic heterocycles. The van der Waals surface area contributed by atoms with Crippen molar-refractivity contribution in [3.63, 3.8) is 0 Å². The maximum Gasteiger partial charge on any atom is -1.00 e. The molecule has 4 aromatic carbocycles. The first-order chi connectivity index (χ1) is 22.0. The van der Waals surface area contributed by atoms with E-state index < -0.39 is 21.3 Å². The normalized spacial score (nSPS) is 18.6. The molecular weight excluding hydrogens is 703 g/mol. The van der Waals surface area contributed by atoms with Gasteiger partial charge in [-0.3, -0.25) is 0 Å². The summed E-state index contributed by atoms with van der Waals surface area (Å²) >= 11 is -2.76. The molecule has 0 N–H and O–H groups in total. The van der Waals surface area contributed by atoms with Crippen molar-refractivity contribution in [1.82, 2.24) is 0 Å². The van der Waals surface area contributed by atoms with Gasteiger partial charge in [0.2, 0.25) is 0 Å². The third-order valence-corrected chi connectivity index (χ3v) is 20.5. The molecule has 0 saturated carbocycles. The van der Waals surface area contributed by atoms with Gasteiger partial charge in [0, 0.05) is 0 Å². The molecule has 0 nitrogen and oxygen atoms in total. The minimum atomic E-state index is -2.76. The molecule has 0 spiro atoms. The van der Waals surface area contributed by atoms with E-state index in [0.29, 0.717) is 5.92 Å². The topological polar surface area (TPSA) is 0 Å². The summed E-state index contributed by atoms with van der Waals surface area (Å²) in [6, 6.07) is 32.9. The van der Waals surface area contributed by atoms with Crippen LogP contribution in [0.25, 0.3) is 22.3 Å². The van der Waals surface area contributed by atoms with E-state index >= 15 is 0 Å². The number of benzene rings is 4. The average molecular weight is 747 g/mol. The van der Waals surface area contributed by atoms with Gasteiger partial charge in [0.15, 0.2) is 0 Å². The van der Waals surface area contributed by atoms with Crippen molar-refractivity contribution in [2.45, 2.75) is 72.6 Å². The van der Waals surface area contributed by atoms with Crippen molar-refractivity contribution in [3.05, 3.63) is 160 Å². The summed E-state index contributed by atoms with van der Waals surface area (Å²) in [7, 11) is 0. The third-order valence-electron chi connectivity index (χ3n) is 11.2. The van der Waals surface area contributed by atoms with Crippen LogP contribution in [0, 0.1) is 5.92 Å². The van der Waals surface area contributed by atoms with Crippen LogP contribution in [-0.2, 0) is 38.5 Å². The van der Waals surface area contributed by atoms with Crippen LogP contribution in [0.2, 0.25) is 0 Å². The number of allylic oxidation sites excluding steroid dienone is 8. The van der Waals surface area contributed by atoms with Crippen molar-refractivity contribution in [2.75, 3.05) is 0 Å². The molecule has 3 heteroatoms. The molecule has 0 saturated heterocycles. The Labute approximate surface area is 307 Å². The Morgan fingerprint density at radius 1 is 0.688 bits per heavy atom. The average Bonchev–Trinajstić information content (AvgIpc) is 3.68. The summed E-state index contributed by atoms with van der Waals surface area (Å²) in [6.45, 7) is 19.3. The number of hydrogen-bond donors (Lipinski definition) is 0. The van der Waals surface area contributed by atoms with Gasteiger partial charge in [-0.1, -0.05) is 0 Å². The maximum atomic E-state index is 2.61. The maximum absolute atomic E-state index is 2.76. The first kappa shape index (κ1) is 35.0. The first-order valence-corrected chi connectivity index (χ1v) is 20.7. The molecule has 4 aromatic rings. The fourth-order valence-electron chi connectivity index (χ4n) is 9.20. The van der Waals surface area contributed by atoms with Crippen molar-refractivity contribution in [3.8, 4) is 11.1 Å². The van der Waals surface area contributed by atoms with Crippen LogP contribution < -0.4 is 24.8 Å². The zero-order valence-electron chi connectivity index (χ0n) is 29.4. The molecule has 1 unspecified atom stereocenters. The van der Waals surface area contributed by atoms with E-state index in [0.717, 1.165) is 6.42 Å². The van der Waals surface area contributed by atoms with E-state index in [1.165, 1.54) is 72.4 Å². The van der Waals surface area contributed by atoms with Gasteiger partial charge in [-0.25, -0.2) is 0 Å². The summed E-state index contributed by atoms with van der Waals surface area (Å²) in [6.07, 6.45) is 8.55. The summed E-state index contributed by atoms with van der Waals surface area (Å²) in [5, 5.41) is 0. The molecule has 8 rings (SSSR count). The van der Waals surface area contributed by atoms with Crippen LogP contribution >= 0.6 is 0 Å². The first-order valence-electron chi connectivity index (χ1n) is 17.0. The second-order valence-corrected chi connectivity index (χ2v) is 21.0. The Hall–Kier alpha value is -2.83. The fraction of sp³-hybridized carbons (Fsp3) is 0.267. The monoisotopic (exact) mass is 744 g/mol. The molecule has 4 aliphatic rings. The quantitative estimate of drug-likeness (QED) is 0.233. The molecular formula is C45H44Cl2Zr.